The number of amides is 1. The van der Waals surface area contributed by atoms with Gasteiger partial charge in [-0.3, -0.25) is 4.79 Å². The molecule has 1 fully saturated rings. The van der Waals surface area contributed by atoms with Gasteiger partial charge in [0.05, 0.1) is 17.1 Å². The maximum atomic E-state index is 12.4. The van der Waals surface area contributed by atoms with E-state index in [1.165, 1.54) is 0 Å². The van der Waals surface area contributed by atoms with Crippen LogP contribution in [0, 0.1) is 5.21 Å². The normalized spacial score (nSPS) is 16.6. The second kappa shape index (κ2) is 8.18. The third kappa shape index (κ3) is 5.08. The molecular weight excluding hydrogens is 320 g/mol. The zero-order valence-electron chi connectivity index (χ0n) is 15.5. The van der Waals surface area contributed by atoms with Gasteiger partial charge in [0.2, 0.25) is 5.28 Å². The van der Waals surface area contributed by atoms with E-state index in [4.69, 9.17) is 4.84 Å². The molecule has 1 aliphatic rings. The van der Waals surface area contributed by atoms with Crippen molar-refractivity contribution in [3.05, 3.63) is 41.1 Å². The summed E-state index contributed by atoms with van der Waals surface area (Å²) in [7, 11) is 0. The fourth-order valence-electron chi connectivity index (χ4n) is 2.93. The van der Waals surface area contributed by atoms with Crippen LogP contribution in [0.5, 0.6) is 0 Å². The largest absolute Gasteiger partial charge is 0.569 e. The third-order valence-corrected chi connectivity index (χ3v) is 4.30. The van der Waals surface area contributed by atoms with Gasteiger partial charge in [-0.15, -0.1) is 5.01 Å². The smallest absolute Gasteiger partial charge is 0.253 e. The Labute approximate surface area is 149 Å². The Kier molecular flexibility index (Phi) is 6.22. The van der Waals surface area contributed by atoms with Crippen LogP contribution in [0.2, 0.25) is 0 Å². The highest BCUT2D eigenvalue weighted by molar-refractivity contribution is 5.94. The summed E-state index contributed by atoms with van der Waals surface area (Å²) in [6.07, 6.45) is 1.18. The predicted octanol–water partition coefficient (Wildman–Crippen LogP) is 3.22. The zero-order valence-corrected chi connectivity index (χ0v) is 15.5. The quantitative estimate of drug-likeness (QED) is 0.465. The molecular formula is C18H28N4O3. The van der Waals surface area contributed by atoms with Gasteiger partial charge in [0.15, 0.2) is 0 Å². The molecule has 138 valence electrons. The average molecular weight is 348 g/mol. The molecule has 1 aromatic carbocycles. The molecule has 7 nitrogen and oxygen atoms in total. The fourth-order valence-corrected chi connectivity index (χ4v) is 2.93. The molecule has 0 radical (unpaired) electrons. The van der Waals surface area contributed by atoms with E-state index in [-0.39, 0.29) is 17.6 Å². The van der Waals surface area contributed by atoms with E-state index in [1.807, 2.05) is 62.9 Å². The second-order valence-electron chi connectivity index (χ2n) is 7.18. The van der Waals surface area contributed by atoms with Gasteiger partial charge in [-0.2, -0.15) is 0 Å². The van der Waals surface area contributed by atoms with Gasteiger partial charge in [0.25, 0.3) is 5.91 Å². The van der Waals surface area contributed by atoms with Crippen molar-refractivity contribution in [2.24, 2.45) is 5.28 Å². The number of hydrazine groups is 1. The molecule has 1 amide bonds. The highest BCUT2D eigenvalue weighted by Crippen LogP contribution is 2.18. The van der Waals surface area contributed by atoms with Crippen molar-refractivity contribution in [3.8, 4) is 0 Å². The minimum atomic E-state index is -0.325. The van der Waals surface area contributed by atoms with Crippen molar-refractivity contribution < 1.29 is 14.6 Å². The molecule has 0 atom stereocenters. The first-order valence-electron chi connectivity index (χ1n) is 8.79. The number of hydrogen-bond acceptors (Lipinski definition) is 4. The first-order valence-corrected chi connectivity index (χ1v) is 8.79. The monoisotopic (exact) mass is 348 g/mol. The molecule has 0 aromatic heterocycles. The summed E-state index contributed by atoms with van der Waals surface area (Å²) < 4.78 is 0. The molecule has 0 aliphatic carbocycles. The van der Waals surface area contributed by atoms with E-state index in [0.29, 0.717) is 43.0 Å². The van der Waals surface area contributed by atoms with Crippen molar-refractivity contribution in [1.82, 2.24) is 9.91 Å². The molecule has 25 heavy (non-hydrogen) atoms. The molecule has 0 saturated carbocycles. The van der Waals surface area contributed by atoms with Crippen molar-refractivity contribution in [2.75, 3.05) is 19.6 Å². The molecule has 0 bridgehead atoms. The molecule has 7 heteroatoms. The van der Waals surface area contributed by atoms with E-state index >= 15 is 0 Å². The van der Waals surface area contributed by atoms with Gasteiger partial charge in [0, 0.05) is 31.5 Å². The summed E-state index contributed by atoms with van der Waals surface area (Å²) in [5.41, 5.74) is 0.371. The first kappa shape index (κ1) is 19.0. The van der Waals surface area contributed by atoms with Crippen molar-refractivity contribution >= 4 is 5.91 Å². The Bertz CT molecular complexity index is 590. The summed E-state index contributed by atoms with van der Waals surface area (Å²) in [6, 6.07) is 9.26. The maximum Gasteiger partial charge on any atom is 0.253 e. The van der Waals surface area contributed by atoms with Crippen LogP contribution in [0.15, 0.2) is 35.6 Å². The van der Waals surface area contributed by atoms with Crippen molar-refractivity contribution in [1.29, 1.82) is 0 Å². The van der Waals surface area contributed by atoms with Crippen molar-refractivity contribution in [3.63, 3.8) is 0 Å². The van der Waals surface area contributed by atoms with Gasteiger partial charge in [-0.25, -0.2) is 0 Å². The molecule has 0 spiro atoms. The standard InChI is InChI=1S/C18H28N4O3/c1-5-21(18(2,3)4)22(24)19-25-16-11-13-20(14-12-16)17(23)15-9-7-6-8-10-15/h6-10,16H,5,11-14H2,1-4H3/b22-19+. The van der Waals surface area contributed by atoms with Gasteiger partial charge in [0.1, 0.15) is 6.10 Å². The molecule has 1 saturated heterocycles. The zero-order chi connectivity index (χ0) is 18.4. The number of piperidine rings is 1. The lowest BCUT2D eigenvalue weighted by Crippen LogP contribution is -2.46. The van der Waals surface area contributed by atoms with E-state index in [1.54, 1.807) is 5.01 Å². The number of benzene rings is 1. The highest BCUT2D eigenvalue weighted by atomic mass is 16.7. The minimum absolute atomic E-state index is 0.0336. The number of nitrogens with zero attached hydrogens (tertiary/aromatic N) is 4. The van der Waals surface area contributed by atoms with Crippen LogP contribution in [0.3, 0.4) is 0 Å². The van der Waals surface area contributed by atoms with Crippen LogP contribution >= 0.6 is 0 Å². The Morgan fingerprint density at radius 3 is 2.44 bits per heavy atom. The number of likely N-dealkylation sites (tertiary alicyclic amines) is 1. The number of hydrogen-bond donors (Lipinski definition) is 0. The van der Waals surface area contributed by atoms with Crippen LogP contribution in [-0.4, -0.2) is 52.1 Å². The van der Waals surface area contributed by atoms with E-state index in [2.05, 4.69) is 5.28 Å². The minimum Gasteiger partial charge on any atom is -0.569 e. The van der Waals surface area contributed by atoms with Gasteiger partial charge in [-0.05, 0) is 39.8 Å². The van der Waals surface area contributed by atoms with E-state index < -0.39 is 0 Å². The maximum absolute atomic E-state index is 12.4. The van der Waals surface area contributed by atoms with Crippen molar-refractivity contribution in [2.45, 2.75) is 52.2 Å². The highest BCUT2D eigenvalue weighted by Gasteiger charge is 2.29. The summed E-state index contributed by atoms with van der Waals surface area (Å²) in [5.74, 6) is 0.0336. The molecule has 0 N–H and O–H groups in total. The number of rotatable bonds is 5. The topological polar surface area (TPSA) is 71.2 Å². The summed E-state index contributed by atoms with van der Waals surface area (Å²) >= 11 is 0. The van der Waals surface area contributed by atoms with Gasteiger partial charge in [-0.1, -0.05) is 18.2 Å². The lowest BCUT2D eigenvalue weighted by Gasteiger charge is -2.31. The predicted molar refractivity (Wildman–Crippen MR) is 94.6 cm³/mol. The van der Waals surface area contributed by atoms with Crippen LogP contribution < -0.4 is 0 Å². The van der Waals surface area contributed by atoms with Crippen LogP contribution in [0.4, 0.5) is 0 Å². The van der Waals surface area contributed by atoms with E-state index in [9.17, 15) is 10.0 Å². The van der Waals surface area contributed by atoms with E-state index in [0.717, 1.165) is 0 Å². The van der Waals surface area contributed by atoms with Gasteiger partial charge >= 0.3 is 0 Å². The Morgan fingerprint density at radius 1 is 1.32 bits per heavy atom. The van der Waals surface area contributed by atoms with Crippen LogP contribution in [0.25, 0.3) is 0 Å². The average Bonchev–Trinajstić information content (AvgIpc) is 2.60. The van der Waals surface area contributed by atoms with Crippen LogP contribution in [0.1, 0.15) is 50.9 Å². The third-order valence-electron chi connectivity index (χ3n) is 4.30. The molecule has 0 unspecified atom stereocenters. The molecule has 1 aromatic rings. The number of carbonyl (C=O) groups excluding carboxylic acids is 1. The molecule has 1 heterocycles. The lowest BCUT2D eigenvalue weighted by atomic mass is 10.1. The summed E-state index contributed by atoms with van der Waals surface area (Å²) in [4.78, 5) is 20.2. The van der Waals surface area contributed by atoms with Crippen LogP contribution in [-0.2, 0) is 4.84 Å². The fraction of sp³-hybridized carbons (Fsp3) is 0.611. The Morgan fingerprint density at radius 2 is 1.92 bits per heavy atom. The molecule has 2 rings (SSSR count). The lowest BCUT2D eigenvalue weighted by molar-refractivity contribution is -0.725. The Hall–Kier alpha value is -2.31. The SMILES string of the molecule is CCN(/[N+]([O-])=N\OC1CCN(C(=O)c2ccccc2)CC1)C(C)(C)C. The Balaban J connectivity index is 1.86. The number of carbonyl (C=O) groups is 1. The molecule has 1 aliphatic heterocycles. The summed E-state index contributed by atoms with van der Waals surface area (Å²) in [5, 5.41) is 17.4. The summed E-state index contributed by atoms with van der Waals surface area (Å²) in [6.45, 7) is 9.50. The first-order chi connectivity index (χ1) is 11.8. The second-order valence-corrected chi connectivity index (χ2v) is 7.18. The van der Waals surface area contributed by atoms with Gasteiger partial charge < -0.3 is 14.9 Å².